The van der Waals surface area contributed by atoms with Gasteiger partial charge in [-0.05, 0) is 30.4 Å². The first-order valence-electron chi connectivity index (χ1n) is 5.25. The minimum absolute atomic E-state index is 0.144. The molecular weight excluding hydrogens is 206 g/mol. The van der Waals surface area contributed by atoms with Crippen molar-refractivity contribution in [2.24, 2.45) is 5.73 Å². The summed E-state index contributed by atoms with van der Waals surface area (Å²) in [5.41, 5.74) is 7.10. The van der Waals surface area contributed by atoms with E-state index in [0.29, 0.717) is 0 Å². The van der Waals surface area contributed by atoms with Gasteiger partial charge in [0.25, 0.3) is 0 Å². The van der Waals surface area contributed by atoms with Crippen molar-refractivity contribution in [3.05, 3.63) is 29.8 Å². The molecule has 0 aliphatic carbocycles. The van der Waals surface area contributed by atoms with E-state index in [2.05, 4.69) is 13.2 Å². The van der Waals surface area contributed by atoms with E-state index in [1.165, 1.54) is 5.56 Å². The van der Waals surface area contributed by atoms with Crippen LogP contribution in [0.15, 0.2) is 24.3 Å². The summed E-state index contributed by atoms with van der Waals surface area (Å²) in [6, 6.07) is 8.21. The van der Waals surface area contributed by atoms with Gasteiger partial charge in [-0.1, -0.05) is 19.1 Å². The number of hydrogen-bond donors (Lipinski definition) is 1. The van der Waals surface area contributed by atoms with Crippen LogP contribution in [0.5, 0.6) is 5.75 Å². The Kier molecular flexibility index (Phi) is 5.58. The Bertz CT molecular complexity index is 273. The van der Waals surface area contributed by atoms with Gasteiger partial charge in [0.1, 0.15) is 5.75 Å². The fourth-order valence-corrected chi connectivity index (χ4v) is 1.54. The zero-order chi connectivity index (χ0) is 11.1. The second-order valence-corrected chi connectivity index (χ2v) is 4.41. The second kappa shape index (κ2) is 6.75. The molecule has 0 bridgehead atoms. The number of rotatable bonds is 6. The third kappa shape index (κ3) is 4.14. The fraction of sp³-hybridized carbons (Fsp3) is 0.500. The molecule has 0 spiro atoms. The highest BCUT2D eigenvalue weighted by Crippen LogP contribution is 2.18. The molecule has 0 aromatic heterocycles. The summed E-state index contributed by atoms with van der Waals surface area (Å²) < 4.78 is 5.55. The molecule has 1 aromatic carbocycles. The molecular formula is C12H19NOS. The van der Waals surface area contributed by atoms with E-state index in [0.717, 1.165) is 24.5 Å². The third-order valence-corrected chi connectivity index (χ3v) is 2.88. The first-order chi connectivity index (χ1) is 7.27. The summed E-state index contributed by atoms with van der Waals surface area (Å²) in [5, 5.41) is 0. The normalized spacial score (nSPS) is 12.5. The molecule has 0 saturated heterocycles. The molecule has 0 aliphatic heterocycles. The lowest BCUT2D eigenvalue weighted by molar-refractivity contribution is 0.344. The Morgan fingerprint density at radius 1 is 1.33 bits per heavy atom. The van der Waals surface area contributed by atoms with Crippen molar-refractivity contribution in [3.8, 4) is 5.75 Å². The average molecular weight is 225 g/mol. The first-order valence-corrected chi connectivity index (χ1v) is 6.64. The predicted molar refractivity (Wildman–Crippen MR) is 67.5 cm³/mol. The van der Waals surface area contributed by atoms with Crippen LogP contribution in [0.3, 0.4) is 0 Å². The minimum Gasteiger partial charge on any atom is -0.493 e. The minimum atomic E-state index is 0.144. The molecule has 0 saturated carbocycles. The van der Waals surface area contributed by atoms with Gasteiger partial charge >= 0.3 is 0 Å². The fourth-order valence-electron chi connectivity index (χ4n) is 1.29. The zero-order valence-electron chi connectivity index (χ0n) is 9.40. The number of thioether (sulfide) groups is 1. The van der Waals surface area contributed by atoms with Crippen molar-refractivity contribution in [2.45, 2.75) is 19.4 Å². The molecule has 0 fully saturated rings. The smallest absolute Gasteiger partial charge is 0.119 e. The van der Waals surface area contributed by atoms with E-state index in [-0.39, 0.29) is 6.04 Å². The van der Waals surface area contributed by atoms with Gasteiger partial charge in [0.15, 0.2) is 0 Å². The van der Waals surface area contributed by atoms with Crippen LogP contribution in [0.25, 0.3) is 0 Å². The van der Waals surface area contributed by atoms with E-state index in [9.17, 15) is 0 Å². The van der Waals surface area contributed by atoms with Gasteiger partial charge in [-0.2, -0.15) is 11.8 Å². The molecule has 0 aliphatic rings. The summed E-state index contributed by atoms with van der Waals surface area (Å²) in [6.07, 6.45) is 3.04. The standard InChI is InChI=1S/C12H19NOS/c1-3-12(13)10-4-6-11(7-5-10)14-8-9-15-2/h4-7,12H,3,8-9,13H2,1-2H3/t12-/m1/s1. The molecule has 0 amide bonds. The van der Waals surface area contributed by atoms with Crippen molar-refractivity contribution in [3.63, 3.8) is 0 Å². The van der Waals surface area contributed by atoms with Crippen LogP contribution in [0.1, 0.15) is 24.9 Å². The van der Waals surface area contributed by atoms with Crippen LogP contribution in [0, 0.1) is 0 Å². The number of benzene rings is 1. The van der Waals surface area contributed by atoms with E-state index < -0.39 is 0 Å². The van der Waals surface area contributed by atoms with Gasteiger partial charge in [-0.3, -0.25) is 0 Å². The first kappa shape index (κ1) is 12.4. The lowest BCUT2D eigenvalue weighted by Gasteiger charge is -2.10. The summed E-state index contributed by atoms with van der Waals surface area (Å²) in [4.78, 5) is 0. The highest BCUT2D eigenvalue weighted by molar-refractivity contribution is 7.98. The number of ether oxygens (including phenoxy) is 1. The number of nitrogens with two attached hydrogens (primary N) is 1. The van der Waals surface area contributed by atoms with Crippen molar-refractivity contribution < 1.29 is 4.74 Å². The van der Waals surface area contributed by atoms with Crippen LogP contribution in [-0.4, -0.2) is 18.6 Å². The highest BCUT2D eigenvalue weighted by atomic mass is 32.2. The summed E-state index contributed by atoms with van der Waals surface area (Å²) in [7, 11) is 0. The van der Waals surface area contributed by atoms with Crippen molar-refractivity contribution in [1.29, 1.82) is 0 Å². The molecule has 3 heteroatoms. The van der Waals surface area contributed by atoms with Crippen LogP contribution in [0.4, 0.5) is 0 Å². The van der Waals surface area contributed by atoms with Gasteiger partial charge in [0, 0.05) is 11.8 Å². The Morgan fingerprint density at radius 3 is 2.53 bits per heavy atom. The molecule has 0 unspecified atom stereocenters. The third-order valence-electron chi connectivity index (χ3n) is 2.30. The van der Waals surface area contributed by atoms with E-state index in [1.807, 2.05) is 24.3 Å². The maximum absolute atomic E-state index is 5.92. The average Bonchev–Trinajstić information content (AvgIpc) is 2.29. The van der Waals surface area contributed by atoms with Crippen molar-refractivity contribution in [1.82, 2.24) is 0 Å². The molecule has 84 valence electrons. The van der Waals surface area contributed by atoms with Crippen LogP contribution in [-0.2, 0) is 0 Å². The summed E-state index contributed by atoms with van der Waals surface area (Å²) in [6.45, 7) is 2.86. The van der Waals surface area contributed by atoms with Crippen molar-refractivity contribution >= 4 is 11.8 Å². The lowest BCUT2D eigenvalue weighted by atomic mass is 10.1. The molecule has 2 nitrogen and oxygen atoms in total. The Morgan fingerprint density at radius 2 is 2.00 bits per heavy atom. The molecule has 1 atom stereocenters. The largest absolute Gasteiger partial charge is 0.493 e. The van der Waals surface area contributed by atoms with Gasteiger partial charge < -0.3 is 10.5 Å². The molecule has 0 heterocycles. The van der Waals surface area contributed by atoms with Crippen molar-refractivity contribution in [2.75, 3.05) is 18.6 Å². The SMILES string of the molecule is CC[C@@H](N)c1ccc(OCCSC)cc1. The van der Waals surface area contributed by atoms with Gasteiger partial charge in [0.2, 0.25) is 0 Å². The maximum atomic E-state index is 5.92. The summed E-state index contributed by atoms with van der Waals surface area (Å²) >= 11 is 1.79. The molecule has 1 aromatic rings. The van der Waals surface area contributed by atoms with Crippen LogP contribution < -0.4 is 10.5 Å². The highest BCUT2D eigenvalue weighted by Gasteiger charge is 2.02. The van der Waals surface area contributed by atoms with Crippen LogP contribution >= 0.6 is 11.8 Å². The Labute approximate surface area is 96.2 Å². The van der Waals surface area contributed by atoms with Crippen LogP contribution in [0.2, 0.25) is 0 Å². The van der Waals surface area contributed by atoms with E-state index in [4.69, 9.17) is 10.5 Å². The molecule has 1 rings (SSSR count). The quantitative estimate of drug-likeness (QED) is 0.756. The Hall–Kier alpha value is -0.670. The van der Waals surface area contributed by atoms with Gasteiger partial charge in [0.05, 0.1) is 6.61 Å². The lowest BCUT2D eigenvalue weighted by Crippen LogP contribution is -2.08. The van der Waals surface area contributed by atoms with E-state index >= 15 is 0 Å². The molecule has 2 N–H and O–H groups in total. The zero-order valence-corrected chi connectivity index (χ0v) is 10.2. The second-order valence-electron chi connectivity index (χ2n) is 3.43. The van der Waals surface area contributed by atoms with Gasteiger partial charge in [-0.15, -0.1) is 0 Å². The van der Waals surface area contributed by atoms with Gasteiger partial charge in [-0.25, -0.2) is 0 Å². The monoisotopic (exact) mass is 225 g/mol. The topological polar surface area (TPSA) is 35.2 Å². The Balaban J connectivity index is 2.49. The molecule has 15 heavy (non-hydrogen) atoms. The van der Waals surface area contributed by atoms with E-state index in [1.54, 1.807) is 11.8 Å². The summed E-state index contributed by atoms with van der Waals surface area (Å²) in [5.74, 6) is 1.95. The maximum Gasteiger partial charge on any atom is 0.119 e. The predicted octanol–water partition coefficient (Wildman–Crippen LogP) is 2.84. The molecule has 0 radical (unpaired) electrons. The number of hydrogen-bond acceptors (Lipinski definition) is 3.